The number of halogens is 1. The Morgan fingerprint density at radius 2 is 1.81 bits per heavy atom. The Kier molecular flexibility index (Phi) is 8.55. The summed E-state index contributed by atoms with van der Waals surface area (Å²) in [5.74, 6) is 2.33. The molecule has 0 saturated carbocycles. The maximum absolute atomic E-state index is 12.9. The van der Waals surface area contributed by atoms with Crippen molar-refractivity contribution in [1.29, 1.82) is 0 Å². The quantitative estimate of drug-likeness (QED) is 0.413. The highest BCUT2D eigenvalue weighted by molar-refractivity contribution is 6.32. The van der Waals surface area contributed by atoms with Gasteiger partial charge in [0.05, 0.1) is 33.4 Å². The van der Waals surface area contributed by atoms with Crippen LogP contribution in [0.3, 0.4) is 0 Å². The van der Waals surface area contributed by atoms with Crippen LogP contribution in [0, 0.1) is 12.8 Å². The fourth-order valence-corrected chi connectivity index (χ4v) is 4.56. The summed E-state index contributed by atoms with van der Waals surface area (Å²) in [6, 6.07) is 11.7. The van der Waals surface area contributed by atoms with Crippen LogP contribution < -0.4 is 29.7 Å². The number of benzene rings is 2. The van der Waals surface area contributed by atoms with Crippen LogP contribution in [0.4, 0.5) is 17.5 Å². The summed E-state index contributed by atoms with van der Waals surface area (Å²) < 4.78 is 16.2. The first-order chi connectivity index (χ1) is 17.9. The van der Waals surface area contributed by atoms with Gasteiger partial charge in [0.25, 0.3) is 0 Å². The largest absolute Gasteiger partial charge is 0.493 e. The van der Waals surface area contributed by atoms with Crippen molar-refractivity contribution in [2.45, 2.75) is 26.3 Å². The molecular formula is C27H32ClN5O4. The predicted octanol–water partition coefficient (Wildman–Crippen LogP) is 4.74. The fourth-order valence-electron chi connectivity index (χ4n) is 4.35. The van der Waals surface area contributed by atoms with E-state index in [9.17, 15) is 4.79 Å². The number of amides is 1. The average Bonchev–Trinajstić information content (AvgIpc) is 2.93. The van der Waals surface area contributed by atoms with Gasteiger partial charge in [-0.15, -0.1) is 0 Å². The third-order valence-corrected chi connectivity index (χ3v) is 6.59. The Labute approximate surface area is 222 Å². The van der Waals surface area contributed by atoms with Gasteiger partial charge in [0, 0.05) is 37.5 Å². The molecule has 1 fully saturated rings. The molecule has 2 aromatic carbocycles. The molecule has 3 aromatic rings. The molecule has 37 heavy (non-hydrogen) atoms. The maximum Gasteiger partial charge on any atom is 0.229 e. The first kappa shape index (κ1) is 26.3. The number of hydrogen-bond acceptors (Lipinski definition) is 8. The Bertz CT molecular complexity index is 1210. The van der Waals surface area contributed by atoms with E-state index < -0.39 is 0 Å². The number of hydrogen-bond donors (Lipinski definition) is 2. The van der Waals surface area contributed by atoms with Crippen LogP contribution >= 0.6 is 11.6 Å². The summed E-state index contributed by atoms with van der Waals surface area (Å²) in [4.78, 5) is 24.0. The molecule has 1 aromatic heterocycles. The van der Waals surface area contributed by atoms with Crippen LogP contribution in [-0.2, 0) is 11.3 Å². The number of carbonyl (C=O) groups is 1. The predicted molar refractivity (Wildman–Crippen MR) is 144 cm³/mol. The first-order valence-corrected chi connectivity index (χ1v) is 12.5. The fraction of sp³-hybridized carbons (Fsp3) is 0.370. The second-order valence-corrected chi connectivity index (χ2v) is 9.30. The normalized spacial score (nSPS) is 15.2. The second kappa shape index (κ2) is 12.0. The minimum absolute atomic E-state index is 0.0335. The molecule has 196 valence electrons. The highest BCUT2D eigenvalue weighted by Crippen LogP contribution is 2.40. The molecule has 2 heterocycles. The number of nitrogens with one attached hydrogen (secondary N) is 2. The highest BCUT2D eigenvalue weighted by Gasteiger charge is 2.28. The molecule has 1 saturated heterocycles. The highest BCUT2D eigenvalue weighted by atomic mass is 35.5. The van der Waals surface area contributed by atoms with Crippen molar-refractivity contribution in [2.24, 2.45) is 5.92 Å². The van der Waals surface area contributed by atoms with Gasteiger partial charge in [0.2, 0.25) is 17.6 Å². The van der Waals surface area contributed by atoms with Gasteiger partial charge in [-0.2, -0.15) is 4.98 Å². The Balaban J connectivity index is 1.46. The van der Waals surface area contributed by atoms with E-state index in [0.29, 0.717) is 52.8 Å². The van der Waals surface area contributed by atoms with Crippen LogP contribution in [0.15, 0.2) is 42.6 Å². The molecule has 2 N–H and O–H groups in total. The van der Waals surface area contributed by atoms with Crippen LogP contribution in [-0.4, -0.2) is 50.3 Å². The summed E-state index contributed by atoms with van der Waals surface area (Å²) in [7, 11) is 4.67. The minimum atomic E-state index is -0.156. The molecule has 10 heteroatoms. The standard InChI is InChI=1S/C27H32ClN5O4/c1-17-7-9-18(10-8-17)14-29-26(34)19-6-5-11-33(16-19)25-21(28)15-30-27(32-25)31-20-12-22(35-2)24(37-4)23(13-20)36-3/h7-10,12-13,15,19H,5-6,11,14,16H2,1-4H3,(H,29,34)(H,30,31,32). The van der Waals surface area contributed by atoms with Crippen molar-refractivity contribution in [3.8, 4) is 17.2 Å². The lowest BCUT2D eigenvalue weighted by molar-refractivity contribution is -0.125. The monoisotopic (exact) mass is 525 g/mol. The maximum atomic E-state index is 12.9. The van der Waals surface area contributed by atoms with Gasteiger partial charge >= 0.3 is 0 Å². The third-order valence-electron chi connectivity index (χ3n) is 6.33. The third kappa shape index (κ3) is 6.35. The summed E-state index contributed by atoms with van der Waals surface area (Å²) >= 11 is 6.50. The zero-order valence-corrected chi connectivity index (χ0v) is 22.3. The van der Waals surface area contributed by atoms with E-state index in [0.717, 1.165) is 24.9 Å². The van der Waals surface area contributed by atoms with Crippen molar-refractivity contribution in [3.63, 3.8) is 0 Å². The summed E-state index contributed by atoms with van der Waals surface area (Å²) in [6.45, 7) is 3.83. The summed E-state index contributed by atoms with van der Waals surface area (Å²) in [5, 5.41) is 6.68. The van der Waals surface area contributed by atoms with Gasteiger partial charge < -0.3 is 29.7 Å². The van der Waals surface area contributed by atoms with Gasteiger partial charge in [0.1, 0.15) is 5.02 Å². The number of nitrogens with zero attached hydrogens (tertiary/aromatic N) is 3. The van der Waals surface area contributed by atoms with E-state index in [1.165, 1.54) is 5.56 Å². The number of ether oxygens (including phenoxy) is 3. The molecule has 0 spiro atoms. The first-order valence-electron chi connectivity index (χ1n) is 12.1. The molecule has 1 aliphatic heterocycles. The van der Waals surface area contributed by atoms with E-state index in [1.807, 2.05) is 36.1 Å². The molecule has 1 atom stereocenters. The zero-order chi connectivity index (χ0) is 26.4. The molecule has 1 aliphatic rings. The second-order valence-electron chi connectivity index (χ2n) is 8.89. The van der Waals surface area contributed by atoms with E-state index in [-0.39, 0.29) is 11.8 Å². The number of aromatic nitrogens is 2. The van der Waals surface area contributed by atoms with E-state index in [4.69, 9.17) is 25.8 Å². The lowest BCUT2D eigenvalue weighted by atomic mass is 9.97. The van der Waals surface area contributed by atoms with Crippen LogP contribution in [0.5, 0.6) is 17.2 Å². The molecule has 0 bridgehead atoms. The average molecular weight is 526 g/mol. The van der Waals surface area contributed by atoms with E-state index in [2.05, 4.69) is 20.6 Å². The number of aryl methyl sites for hydroxylation is 1. The Morgan fingerprint density at radius 1 is 1.11 bits per heavy atom. The molecule has 1 amide bonds. The molecule has 1 unspecified atom stereocenters. The summed E-state index contributed by atoms with van der Waals surface area (Å²) in [5.41, 5.74) is 2.93. The molecule has 9 nitrogen and oxygen atoms in total. The van der Waals surface area contributed by atoms with Crippen LogP contribution in [0.2, 0.25) is 5.02 Å². The number of anilines is 3. The van der Waals surface area contributed by atoms with Crippen molar-refractivity contribution in [1.82, 2.24) is 15.3 Å². The lowest BCUT2D eigenvalue weighted by Gasteiger charge is -2.33. The van der Waals surface area contributed by atoms with E-state index >= 15 is 0 Å². The Morgan fingerprint density at radius 3 is 2.46 bits per heavy atom. The number of rotatable bonds is 9. The topological polar surface area (TPSA) is 97.8 Å². The van der Waals surface area contributed by atoms with Crippen molar-refractivity contribution in [3.05, 3.63) is 58.7 Å². The van der Waals surface area contributed by atoms with Gasteiger partial charge in [0.15, 0.2) is 17.3 Å². The Hall–Kier alpha value is -3.72. The van der Waals surface area contributed by atoms with Crippen molar-refractivity contribution in [2.75, 3.05) is 44.6 Å². The minimum Gasteiger partial charge on any atom is -0.493 e. The van der Waals surface area contributed by atoms with Gasteiger partial charge in [-0.25, -0.2) is 4.98 Å². The van der Waals surface area contributed by atoms with Crippen molar-refractivity contribution < 1.29 is 19.0 Å². The number of piperidine rings is 1. The number of carbonyl (C=O) groups excluding carboxylic acids is 1. The van der Waals surface area contributed by atoms with Crippen molar-refractivity contribution >= 4 is 35.0 Å². The molecule has 0 radical (unpaired) electrons. The smallest absolute Gasteiger partial charge is 0.229 e. The van der Waals surface area contributed by atoms with Crippen LogP contribution in [0.25, 0.3) is 0 Å². The van der Waals surface area contributed by atoms with Gasteiger partial charge in [-0.3, -0.25) is 4.79 Å². The van der Waals surface area contributed by atoms with Crippen LogP contribution in [0.1, 0.15) is 24.0 Å². The lowest BCUT2D eigenvalue weighted by Crippen LogP contribution is -2.43. The van der Waals surface area contributed by atoms with Gasteiger partial charge in [-0.05, 0) is 25.3 Å². The number of methoxy groups -OCH3 is 3. The van der Waals surface area contributed by atoms with E-state index in [1.54, 1.807) is 39.7 Å². The zero-order valence-electron chi connectivity index (χ0n) is 21.5. The molecule has 4 rings (SSSR count). The molecule has 0 aliphatic carbocycles. The summed E-state index contributed by atoms with van der Waals surface area (Å²) in [6.07, 6.45) is 3.24. The van der Waals surface area contributed by atoms with Gasteiger partial charge in [-0.1, -0.05) is 41.4 Å². The molecular weight excluding hydrogens is 494 g/mol. The SMILES string of the molecule is COc1cc(Nc2ncc(Cl)c(N3CCCC(C(=O)NCc4ccc(C)cc4)C3)n2)cc(OC)c1OC.